The van der Waals surface area contributed by atoms with Crippen LogP contribution in [0.4, 0.5) is 19.7 Å². The van der Waals surface area contributed by atoms with Crippen LogP contribution in [0.2, 0.25) is 0 Å². The molecular weight excluding hydrogens is 824 g/mol. The Morgan fingerprint density at radius 2 is 1.79 bits per heavy atom. The van der Waals surface area contributed by atoms with Crippen LogP contribution in [0.5, 0.6) is 0 Å². The summed E-state index contributed by atoms with van der Waals surface area (Å²) in [5.74, 6) is -2.61. The molecule has 0 radical (unpaired) electrons. The van der Waals surface area contributed by atoms with E-state index in [1.54, 1.807) is 44.2 Å². The number of aliphatic hydroxyl groups is 1. The van der Waals surface area contributed by atoms with Crippen LogP contribution >= 0.6 is 0 Å². The number of aromatic nitrogens is 2. The van der Waals surface area contributed by atoms with E-state index in [0.29, 0.717) is 82.5 Å². The molecule has 0 saturated carbocycles. The number of pyridine rings is 2. The van der Waals surface area contributed by atoms with E-state index in [1.165, 1.54) is 10.6 Å². The highest BCUT2D eigenvalue weighted by Crippen LogP contribution is 2.46. The largest absolute Gasteiger partial charge is 0.458 e. The van der Waals surface area contributed by atoms with Crippen molar-refractivity contribution in [2.45, 2.75) is 83.8 Å². The number of hydrogen-bond acceptors (Lipinski definition) is 12. The van der Waals surface area contributed by atoms with Gasteiger partial charge in [-0.2, -0.15) is 0 Å². The third-order valence-corrected chi connectivity index (χ3v) is 11.4. The van der Waals surface area contributed by atoms with Gasteiger partial charge in [0.1, 0.15) is 38.9 Å². The maximum absolute atomic E-state index is 15.3. The van der Waals surface area contributed by atoms with Gasteiger partial charge in [-0.05, 0) is 79.5 Å². The van der Waals surface area contributed by atoms with E-state index in [2.05, 4.69) is 26.6 Å². The molecule has 3 aliphatic rings. The summed E-state index contributed by atoms with van der Waals surface area (Å²) in [5, 5.41) is 25.0. The van der Waals surface area contributed by atoms with E-state index >= 15 is 4.39 Å². The molecule has 0 spiro atoms. The second-order valence-corrected chi connectivity index (χ2v) is 15.5. The molecule has 63 heavy (non-hydrogen) atoms. The Bertz CT molecular complexity index is 2580. The third kappa shape index (κ3) is 9.31. The molecule has 19 nitrogen and oxygen atoms in total. The van der Waals surface area contributed by atoms with Gasteiger partial charge in [-0.15, -0.1) is 0 Å². The lowest BCUT2D eigenvalue weighted by molar-refractivity contribution is -0.172. The molecule has 2 aliphatic heterocycles. The number of esters is 1. The second kappa shape index (κ2) is 18.6. The van der Waals surface area contributed by atoms with Crippen molar-refractivity contribution in [3.05, 3.63) is 91.5 Å². The van der Waals surface area contributed by atoms with Gasteiger partial charge in [-0.3, -0.25) is 19.2 Å². The summed E-state index contributed by atoms with van der Waals surface area (Å²) in [6, 6.07) is 8.35. The fourth-order valence-electron chi connectivity index (χ4n) is 8.16. The monoisotopic (exact) mass is 870 g/mol. The zero-order chi connectivity index (χ0) is 45.0. The summed E-state index contributed by atoms with van der Waals surface area (Å²) < 4.78 is 32.5. The number of benzene rings is 2. The van der Waals surface area contributed by atoms with Gasteiger partial charge in [-0.25, -0.2) is 23.8 Å². The molecule has 2 atom stereocenters. The van der Waals surface area contributed by atoms with E-state index in [0.717, 1.165) is 5.56 Å². The Morgan fingerprint density at radius 3 is 2.54 bits per heavy atom. The standard InChI is InChI=1S/C43H47FN8O11/c1-3-43(60)28-14-32-38-26(17-52(32)39(56)27(28)19-62-40(43)57)37-30(12-11-25-22(2)29(44)15-31(51-38)36(25)37)50-35(55)20-61-21-48-34(54)16-47-42(59)63-18-23-7-9-24(10-8-23)49-33(53)6-4-5-13-46-41(45)58/h7-10,14-15,30,60H,3-6,11-13,16-21H2,1-2H3,(H,47,59)(H,48,54)(H,49,53)(H,50,55)(H3,45,46,58)/t30-,43-/m0/s1. The number of carbonyl (C=O) groups is 6. The number of nitrogens with zero attached hydrogens (tertiary/aromatic N) is 2. The van der Waals surface area contributed by atoms with Gasteiger partial charge < -0.3 is 56.2 Å². The number of rotatable bonds is 16. The van der Waals surface area contributed by atoms with Gasteiger partial charge in [0.15, 0.2) is 5.60 Å². The van der Waals surface area contributed by atoms with Gasteiger partial charge in [0.05, 0.1) is 35.1 Å². The Kier molecular flexibility index (Phi) is 13.0. The molecule has 20 heteroatoms. The lowest BCUT2D eigenvalue weighted by Crippen LogP contribution is -2.44. The number of urea groups is 1. The molecular formula is C43H47FN8O11. The highest BCUT2D eigenvalue weighted by Gasteiger charge is 2.46. The fraction of sp³-hybridized carbons (Fsp3) is 0.395. The second-order valence-electron chi connectivity index (χ2n) is 15.5. The van der Waals surface area contributed by atoms with Crippen molar-refractivity contribution < 1.29 is 52.5 Å². The summed E-state index contributed by atoms with van der Waals surface area (Å²) in [6.07, 6.45) is 1.39. The lowest BCUT2D eigenvalue weighted by Gasteiger charge is -2.31. The van der Waals surface area contributed by atoms with Crippen LogP contribution in [0.15, 0.2) is 41.2 Å². The minimum absolute atomic E-state index is 0.0307. The first-order valence-corrected chi connectivity index (χ1v) is 20.5. The average molecular weight is 871 g/mol. The molecule has 2 aromatic carbocycles. The zero-order valence-corrected chi connectivity index (χ0v) is 34.6. The van der Waals surface area contributed by atoms with Crippen LogP contribution in [0.25, 0.3) is 22.3 Å². The first-order valence-electron chi connectivity index (χ1n) is 20.5. The van der Waals surface area contributed by atoms with Crippen molar-refractivity contribution in [1.82, 2.24) is 30.8 Å². The molecule has 0 saturated heterocycles. The van der Waals surface area contributed by atoms with E-state index in [4.69, 9.17) is 24.9 Å². The van der Waals surface area contributed by atoms with E-state index in [1.807, 2.05) is 0 Å². The minimum atomic E-state index is -2.03. The van der Waals surface area contributed by atoms with E-state index < -0.39 is 66.1 Å². The number of unbranched alkanes of at least 4 members (excludes halogenated alkanes) is 1. The van der Waals surface area contributed by atoms with E-state index in [9.17, 15) is 38.7 Å². The molecule has 8 N–H and O–H groups in total. The number of alkyl carbamates (subject to hydrolysis) is 1. The van der Waals surface area contributed by atoms with Crippen molar-refractivity contribution in [3.63, 3.8) is 0 Å². The molecule has 7 rings (SSSR count). The molecule has 6 amide bonds. The molecule has 0 bridgehead atoms. The molecule has 1 aliphatic carbocycles. The number of anilines is 1. The number of fused-ring (bicyclic) bond motifs is 5. The van der Waals surface area contributed by atoms with Crippen LogP contribution in [-0.4, -0.2) is 76.9 Å². The molecule has 4 heterocycles. The van der Waals surface area contributed by atoms with Crippen molar-refractivity contribution in [3.8, 4) is 11.4 Å². The Hall–Kier alpha value is -6.93. The summed E-state index contributed by atoms with van der Waals surface area (Å²) in [5.41, 5.74) is 7.61. The molecule has 4 aromatic rings. The maximum Gasteiger partial charge on any atom is 0.407 e. The molecule has 0 fully saturated rings. The van der Waals surface area contributed by atoms with Crippen LogP contribution in [0, 0.1) is 12.7 Å². The topological polar surface area (TPSA) is 271 Å². The highest BCUT2D eigenvalue weighted by atomic mass is 19.1. The Balaban J connectivity index is 0.900. The quantitative estimate of drug-likeness (QED) is 0.0428. The zero-order valence-electron chi connectivity index (χ0n) is 34.6. The number of primary amides is 1. The van der Waals surface area contributed by atoms with Gasteiger partial charge in [0.2, 0.25) is 17.7 Å². The SMILES string of the molecule is CC[C@@]1(O)C(=O)OCc2c1cc1n(c2=O)Cc2c-1nc1cc(F)c(C)c3c1c2[C@@H](NC(=O)COCNC(=O)CNC(=O)OCc1ccc(NC(=O)CCCCNC(N)=O)cc1)CC3. The van der Waals surface area contributed by atoms with Crippen molar-refractivity contribution in [2.75, 3.05) is 31.7 Å². The summed E-state index contributed by atoms with van der Waals surface area (Å²) >= 11 is 0. The van der Waals surface area contributed by atoms with Crippen LogP contribution in [0.3, 0.4) is 0 Å². The summed E-state index contributed by atoms with van der Waals surface area (Å²) in [6.45, 7) is 2.14. The third-order valence-electron chi connectivity index (χ3n) is 11.4. The number of carbonyl (C=O) groups excluding carboxylic acids is 6. The smallest absolute Gasteiger partial charge is 0.407 e. The number of cyclic esters (lactones) is 1. The van der Waals surface area contributed by atoms with Crippen molar-refractivity contribution >= 4 is 52.4 Å². The summed E-state index contributed by atoms with van der Waals surface area (Å²) in [7, 11) is 0. The van der Waals surface area contributed by atoms with Crippen LogP contribution in [-0.2, 0) is 65.2 Å². The van der Waals surface area contributed by atoms with Gasteiger partial charge >= 0.3 is 18.1 Å². The normalized spacial score (nSPS) is 16.8. The Morgan fingerprint density at radius 1 is 1.02 bits per heavy atom. The van der Waals surface area contributed by atoms with E-state index in [-0.39, 0.29) is 56.4 Å². The average Bonchev–Trinajstić information content (AvgIpc) is 3.63. The number of hydrogen-bond donors (Lipinski definition) is 7. The predicted molar refractivity (Wildman–Crippen MR) is 222 cm³/mol. The molecule has 0 unspecified atom stereocenters. The number of aryl methyl sites for hydroxylation is 1. The van der Waals surface area contributed by atoms with Crippen molar-refractivity contribution in [2.24, 2.45) is 5.73 Å². The first-order chi connectivity index (χ1) is 30.2. The number of halogens is 1. The van der Waals surface area contributed by atoms with Gasteiger partial charge in [0, 0.05) is 41.2 Å². The maximum atomic E-state index is 15.3. The predicted octanol–water partition coefficient (Wildman–Crippen LogP) is 2.42. The number of amides is 6. The molecule has 332 valence electrons. The van der Waals surface area contributed by atoms with Crippen molar-refractivity contribution in [1.29, 1.82) is 0 Å². The first kappa shape index (κ1) is 44.1. The van der Waals surface area contributed by atoms with Crippen LogP contribution in [0.1, 0.15) is 84.0 Å². The summed E-state index contributed by atoms with van der Waals surface area (Å²) in [4.78, 5) is 92.1. The number of nitrogens with two attached hydrogens (primary N) is 1. The minimum Gasteiger partial charge on any atom is -0.458 e. The fourth-order valence-corrected chi connectivity index (χ4v) is 8.16. The number of ether oxygens (including phenoxy) is 3. The highest BCUT2D eigenvalue weighted by molar-refractivity contribution is 5.94. The molecule has 2 aromatic heterocycles. The van der Waals surface area contributed by atoms with Crippen LogP contribution < -0.4 is 37.9 Å². The number of nitrogens with one attached hydrogen (secondary N) is 5. The Labute approximate surface area is 359 Å². The van der Waals surface area contributed by atoms with Gasteiger partial charge in [-0.1, -0.05) is 19.1 Å². The van der Waals surface area contributed by atoms with Gasteiger partial charge in [0.25, 0.3) is 5.56 Å². The lowest BCUT2D eigenvalue weighted by atomic mass is 9.81.